The molecule has 0 fully saturated rings. The maximum atomic E-state index is 13.8. The number of sulfonamides is 1. The molecule has 29 heavy (non-hydrogen) atoms. The summed E-state index contributed by atoms with van der Waals surface area (Å²) < 4.78 is 65.2. The van der Waals surface area contributed by atoms with E-state index < -0.39 is 26.6 Å². The fourth-order valence-corrected chi connectivity index (χ4v) is 3.65. The Morgan fingerprint density at radius 3 is 2.31 bits per heavy atom. The Bertz CT molecular complexity index is 1070. The summed E-state index contributed by atoms with van der Waals surface area (Å²) in [5.41, 5.74) is 0.501. The van der Waals surface area contributed by atoms with Gasteiger partial charge in [-0.15, -0.1) is 0 Å². The number of aromatic nitrogens is 1. The molecule has 0 aliphatic carbocycles. The maximum Gasteiger partial charge on any atom is 0.246 e. The highest BCUT2D eigenvalue weighted by molar-refractivity contribution is 7.89. The van der Waals surface area contributed by atoms with Gasteiger partial charge in [0.2, 0.25) is 15.9 Å². The molecule has 9 heteroatoms. The van der Waals surface area contributed by atoms with E-state index in [4.69, 9.17) is 9.47 Å². The van der Waals surface area contributed by atoms with Crippen LogP contribution >= 0.6 is 0 Å². The Kier molecular flexibility index (Phi) is 6.40. The molecule has 0 bridgehead atoms. The smallest absolute Gasteiger partial charge is 0.246 e. The first-order valence-electron chi connectivity index (χ1n) is 8.68. The van der Waals surface area contributed by atoms with Crippen LogP contribution in [0.2, 0.25) is 0 Å². The first-order valence-corrected chi connectivity index (χ1v) is 10.2. The van der Waals surface area contributed by atoms with Gasteiger partial charge >= 0.3 is 0 Å². The number of rotatable bonds is 8. The van der Waals surface area contributed by atoms with Crippen LogP contribution in [-0.2, 0) is 16.6 Å². The minimum Gasteiger partial charge on any atom is -0.494 e. The van der Waals surface area contributed by atoms with Crippen molar-refractivity contribution in [2.75, 3.05) is 6.61 Å². The zero-order valence-corrected chi connectivity index (χ0v) is 16.2. The topological polar surface area (TPSA) is 77.5 Å². The van der Waals surface area contributed by atoms with Gasteiger partial charge in [-0.25, -0.2) is 26.9 Å². The zero-order valence-electron chi connectivity index (χ0n) is 15.4. The van der Waals surface area contributed by atoms with Crippen LogP contribution in [0.5, 0.6) is 17.4 Å². The van der Waals surface area contributed by atoms with E-state index in [1.54, 1.807) is 30.3 Å². The summed E-state index contributed by atoms with van der Waals surface area (Å²) in [5, 5.41) is 0. The largest absolute Gasteiger partial charge is 0.494 e. The third-order valence-corrected chi connectivity index (χ3v) is 5.26. The summed E-state index contributed by atoms with van der Waals surface area (Å²) in [5.74, 6) is -0.857. The van der Waals surface area contributed by atoms with Crippen LogP contribution in [0, 0.1) is 11.6 Å². The summed E-state index contributed by atoms with van der Waals surface area (Å²) in [6, 6.07) is 12.9. The summed E-state index contributed by atoms with van der Waals surface area (Å²) in [7, 11) is -4.38. The van der Waals surface area contributed by atoms with Crippen molar-refractivity contribution in [1.82, 2.24) is 9.71 Å². The van der Waals surface area contributed by atoms with Crippen molar-refractivity contribution in [3.05, 3.63) is 78.0 Å². The molecule has 0 aliphatic rings. The van der Waals surface area contributed by atoms with Gasteiger partial charge in [0.25, 0.3) is 0 Å². The molecular weight excluding hydrogens is 402 g/mol. The molecule has 0 saturated carbocycles. The van der Waals surface area contributed by atoms with Gasteiger partial charge in [0.05, 0.1) is 6.61 Å². The second-order valence-corrected chi connectivity index (χ2v) is 7.59. The predicted octanol–water partition coefficient (Wildman–Crippen LogP) is 4.03. The van der Waals surface area contributed by atoms with Gasteiger partial charge in [0, 0.05) is 18.8 Å². The number of ether oxygens (including phenoxy) is 2. The Hall–Kier alpha value is -3.04. The molecule has 3 aromatic rings. The molecule has 2 aromatic carbocycles. The van der Waals surface area contributed by atoms with Crippen LogP contribution in [0.15, 0.2) is 65.7 Å². The lowest BCUT2D eigenvalue weighted by Crippen LogP contribution is -2.25. The van der Waals surface area contributed by atoms with E-state index in [0.717, 1.165) is 18.2 Å². The fourth-order valence-electron chi connectivity index (χ4n) is 2.50. The van der Waals surface area contributed by atoms with E-state index in [1.165, 1.54) is 12.3 Å². The van der Waals surface area contributed by atoms with Crippen molar-refractivity contribution >= 4 is 10.0 Å². The van der Waals surface area contributed by atoms with Crippen LogP contribution < -0.4 is 14.2 Å². The molecule has 0 atom stereocenters. The SMILES string of the molecule is CCOc1ccc(Oc2cc(CNS(=O)(=O)c3c(F)cccc3F)ccn2)cc1. The standard InChI is InChI=1S/C20H18F2N2O4S/c1-2-27-15-6-8-16(9-7-15)28-19-12-14(10-11-23-19)13-24-29(25,26)20-17(21)4-3-5-18(20)22/h3-12,24H,2,13H2,1H3. The average Bonchev–Trinajstić information content (AvgIpc) is 2.68. The molecule has 0 spiro atoms. The van der Waals surface area contributed by atoms with E-state index in [2.05, 4.69) is 9.71 Å². The third-order valence-electron chi connectivity index (χ3n) is 3.81. The molecule has 0 unspecified atom stereocenters. The van der Waals surface area contributed by atoms with Crippen molar-refractivity contribution in [3.8, 4) is 17.4 Å². The lowest BCUT2D eigenvalue weighted by Gasteiger charge is -2.10. The van der Waals surface area contributed by atoms with Gasteiger partial charge in [-0.1, -0.05) is 6.07 Å². The fraction of sp³-hybridized carbons (Fsp3) is 0.150. The highest BCUT2D eigenvalue weighted by Crippen LogP contribution is 2.23. The van der Waals surface area contributed by atoms with Crippen LogP contribution in [0.1, 0.15) is 12.5 Å². The number of hydrogen-bond donors (Lipinski definition) is 1. The van der Waals surface area contributed by atoms with Gasteiger partial charge in [-0.05, 0) is 55.0 Å². The number of benzene rings is 2. The second kappa shape index (κ2) is 8.97. The van der Waals surface area contributed by atoms with E-state index in [-0.39, 0.29) is 12.4 Å². The third kappa shape index (κ3) is 5.27. The normalized spacial score (nSPS) is 11.3. The Balaban J connectivity index is 1.70. The van der Waals surface area contributed by atoms with Gasteiger partial charge in [-0.3, -0.25) is 0 Å². The molecule has 0 radical (unpaired) electrons. The number of halogens is 2. The van der Waals surface area contributed by atoms with Gasteiger partial charge < -0.3 is 9.47 Å². The van der Waals surface area contributed by atoms with Crippen molar-refractivity contribution in [3.63, 3.8) is 0 Å². The highest BCUT2D eigenvalue weighted by Gasteiger charge is 2.23. The summed E-state index contributed by atoms with van der Waals surface area (Å²) >= 11 is 0. The van der Waals surface area contributed by atoms with Crippen LogP contribution in [0.3, 0.4) is 0 Å². The van der Waals surface area contributed by atoms with Gasteiger partial charge in [-0.2, -0.15) is 0 Å². The van der Waals surface area contributed by atoms with Gasteiger partial charge in [0.15, 0.2) is 4.90 Å². The molecule has 3 rings (SSSR count). The molecule has 1 N–H and O–H groups in total. The lowest BCUT2D eigenvalue weighted by atomic mass is 10.3. The first kappa shape index (κ1) is 20.7. The number of hydrogen-bond acceptors (Lipinski definition) is 5. The van der Waals surface area contributed by atoms with E-state index in [1.807, 2.05) is 6.92 Å². The van der Waals surface area contributed by atoms with Crippen molar-refractivity contribution in [2.45, 2.75) is 18.4 Å². The Labute approximate surface area is 167 Å². The molecular formula is C20H18F2N2O4S. The highest BCUT2D eigenvalue weighted by atomic mass is 32.2. The van der Waals surface area contributed by atoms with Crippen molar-refractivity contribution in [2.24, 2.45) is 0 Å². The average molecular weight is 420 g/mol. The van der Waals surface area contributed by atoms with Gasteiger partial charge in [0.1, 0.15) is 23.1 Å². The molecule has 0 amide bonds. The second-order valence-electron chi connectivity index (χ2n) is 5.88. The number of nitrogens with one attached hydrogen (secondary N) is 1. The minimum absolute atomic E-state index is 0.196. The Morgan fingerprint density at radius 1 is 1.00 bits per heavy atom. The van der Waals surface area contributed by atoms with E-state index in [9.17, 15) is 17.2 Å². The molecule has 152 valence electrons. The Morgan fingerprint density at radius 2 is 1.66 bits per heavy atom. The molecule has 0 aliphatic heterocycles. The zero-order chi connectivity index (χ0) is 20.9. The first-order chi connectivity index (χ1) is 13.9. The van der Waals surface area contributed by atoms with Crippen molar-refractivity contribution < 1.29 is 26.7 Å². The molecule has 1 heterocycles. The summed E-state index contributed by atoms with van der Waals surface area (Å²) in [6.07, 6.45) is 1.44. The summed E-state index contributed by atoms with van der Waals surface area (Å²) in [6.45, 7) is 2.24. The minimum atomic E-state index is -4.38. The predicted molar refractivity (Wildman–Crippen MR) is 102 cm³/mol. The maximum absolute atomic E-state index is 13.8. The number of pyridine rings is 1. The number of nitrogens with zero attached hydrogens (tertiary/aromatic N) is 1. The molecule has 1 aromatic heterocycles. The monoisotopic (exact) mass is 420 g/mol. The van der Waals surface area contributed by atoms with E-state index in [0.29, 0.717) is 23.7 Å². The summed E-state index contributed by atoms with van der Waals surface area (Å²) in [4.78, 5) is 3.06. The van der Waals surface area contributed by atoms with Crippen LogP contribution in [-0.4, -0.2) is 20.0 Å². The van der Waals surface area contributed by atoms with Crippen LogP contribution in [0.25, 0.3) is 0 Å². The molecule has 0 saturated heterocycles. The molecule has 6 nitrogen and oxygen atoms in total. The lowest BCUT2D eigenvalue weighted by molar-refractivity contribution is 0.339. The van der Waals surface area contributed by atoms with E-state index >= 15 is 0 Å². The van der Waals surface area contributed by atoms with Crippen molar-refractivity contribution in [1.29, 1.82) is 0 Å². The quantitative estimate of drug-likeness (QED) is 0.595. The van der Waals surface area contributed by atoms with Crippen LogP contribution in [0.4, 0.5) is 8.78 Å².